The normalized spacial score (nSPS) is 22.9. The van der Waals surface area contributed by atoms with E-state index in [0.29, 0.717) is 6.04 Å². The van der Waals surface area contributed by atoms with Crippen LogP contribution < -0.4 is 5.73 Å². The maximum atomic E-state index is 5.93. The second kappa shape index (κ2) is 5.05. The predicted molar refractivity (Wildman–Crippen MR) is 64.4 cm³/mol. The van der Waals surface area contributed by atoms with Crippen molar-refractivity contribution in [3.05, 3.63) is 28.5 Å². The molecule has 0 saturated carbocycles. The Morgan fingerprint density at radius 1 is 1.53 bits per heavy atom. The Labute approximate surface area is 98.8 Å². The third-order valence-corrected chi connectivity index (χ3v) is 3.19. The van der Waals surface area contributed by atoms with Crippen LogP contribution in [-0.2, 0) is 6.54 Å². The fourth-order valence-corrected chi connectivity index (χ4v) is 2.20. The van der Waals surface area contributed by atoms with Crippen molar-refractivity contribution < 1.29 is 0 Å². The summed E-state index contributed by atoms with van der Waals surface area (Å²) < 4.78 is 1.03. The first-order chi connectivity index (χ1) is 7.24. The van der Waals surface area contributed by atoms with E-state index < -0.39 is 0 Å². The molecule has 1 aromatic heterocycles. The second-order valence-electron chi connectivity index (χ2n) is 4.11. The largest absolute Gasteiger partial charge is 0.327 e. The average molecular weight is 270 g/mol. The van der Waals surface area contributed by atoms with E-state index in [1.165, 1.54) is 6.42 Å². The van der Waals surface area contributed by atoms with E-state index in [2.05, 4.69) is 31.9 Å². The van der Waals surface area contributed by atoms with Crippen molar-refractivity contribution in [3.63, 3.8) is 0 Å². The topological polar surface area (TPSA) is 42.1 Å². The Morgan fingerprint density at radius 2 is 2.40 bits per heavy atom. The molecule has 82 valence electrons. The van der Waals surface area contributed by atoms with E-state index in [9.17, 15) is 0 Å². The third kappa shape index (κ3) is 3.26. The molecule has 0 spiro atoms. The highest BCUT2D eigenvalue weighted by atomic mass is 79.9. The Bertz CT molecular complexity index is 312. The average Bonchev–Trinajstić information content (AvgIpc) is 2.22. The van der Waals surface area contributed by atoms with Gasteiger partial charge in [-0.2, -0.15) is 0 Å². The van der Waals surface area contributed by atoms with Crippen LogP contribution in [0.4, 0.5) is 0 Å². The molecule has 1 atom stereocenters. The molecule has 0 aliphatic carbocycles. The quantitative estimate of drug-likeness (QED) is 0.890. The standard InChI is InChI=1S/C11H16BrN3/c12-9-3-4-11(14-6-9)8-15-5-1-2-10(13)7-15/h3-4,6,10H,1-2,5,7-8,13H2/t10-/m1/s1. The van der Waals surface area contributed by atoms with Gasteiger partial charge >= 0.3 is 0 Å². The predicted octanol–water partition coefficient (Wildman–Crippen LogP) is 1.77. The molecule has 0 radical (unpaired) electrons. The summed E-state index contributed by atoms with van der Waals surface area (Å²) in [4.78, 5) is 6.75. The van der Waals surface area contributed by atoms with Crippen LogP contribution in [0.2, 0.25) is 0 Å². The minimum atomic E-state index is 0.342. The summed E-state index contributed by atoms with van der Waals surface area (Å²) in [5, 5.41) is 0. The lowest BCUT2D eigenvalue weighted by molar-refractivity contribution is 0.199. The first-order valence-electron chi connectivity index (χ1n) is 5.32. The molecule has 3 nitrogen and oxygen atoms in total. The van der Waals surface area contributed by atoms with Gasteiger partial charge in [0.1, 0.15) is 0 Å². The number of halogens is 1. The SMILES string of the molecule is N[C@@H]1CCCN(Cc2ccc(Br)cn2)C1. The summed E-state index contributed by atoms with van der Waals surface area (Å²) in [7, 11) is 0. The number of rotatable bonds is 2. The fourth-order valence-electron chi connectivity index (χ4n) is 1.96. The van der Waals surface area contributed by atoms with Gasteiger partial charge in [-0.15, -0.1) is 0 Å². The molecule has 1 saturated heterocycles. The molecule has 1 aliphatic rings. The van der Waals surface area contributed by atoms with Gasteiger partial charge in [0.05, 0.1) is 5.69 Å². The molecule has 1 fully saturated rings. The maximum Gasteiger partial charge on any atom is 0.0544 e. The van der Waals surface area contributed by atoms with Crippen LogP contribution in [0.15, 0.2) is 22.8 Å². The van der Waals surface area contributed by atoms with Crippen molar-refractivity contribution >= 4 is 15.9 Å². The van der Waals surface area contributed by atoms with Crippen molar-refractivity contribution in [1.29, 1.82) is 0 Å². The fraction of sp³-hybridized carbons (Fsp3) is 0.545. The molecule has 2 N–H and O–H groups in total. The Hall–Kier alpha value is -0.450. The smallest absolute Gasteiger partial charge is 0.0544 e. The minimum Gasteiger partial charge on any atom is -0.327 e. The lowest BCUT2D eigenvalue weighted by Crippen LogP contribution is -2.42. The summed E-state index contributed by atoms with van der Waals surface area (Å²) in [5.41, 5.74) is 7.05. The number of likely N-dealkylation sites (tertiary alicyclic amines) is 1. The van der Waals surface area contributed by atoms with Crippen molar-refractivity contribution in [1.82, 2.24) is 9.88 Å². The number of hydrogen-bond acceptors (Lipinski definition) is 3. The molecule has 4 heteroatoms. The number of hydrogen-bond donors (Lipinski definition) is 1. The molecule has 0 unspecified atom stereocenters. The zero-order valence-electron chi connectivity index (χ0n) is 8.69. The summed E-state index contributed by atoms with van der Waals surface area (Å²) >= 11 is 3.38. The van der Waals surface area contributed by atoms with Gasteiger partial charge in [-0.1, -0.05) is 0 Å². The monoisotopic (exact) mass is 269 g/mol. The van der Waals surface area contributed by atoms with Crippen LogP contribution in [-0.4, -0.2) is 29.0 Å². The molecule has 0 bridgehead atoms. The lowest BCUT2D eigenvalue weighted by Gasteiger charge is -2.30. The van der Waals surface area contributed by atoms with E-state index in [1.54, 1.807) is 0 Å². The van der Waals surface area contributed by atoms with Gasteiger partial charge in [0, 0.05) is 29.8 Å². The highest BCUT2D eigenvalue weighted by Crippen LogP contribution is 2.13. The van der Waals surface area contributed by atoms with Gasteiger partial charge in [0.25, 0.3) is 0 Å². The molecule has 2 heterocycles. The lowest BCUT2D eigenvalue weighted by atomic mass is 10.1. The molecule has 15 heavy (non-hydrogen) atoms. The van der Waals surface area contributed by atoms with Crippen LogP contribution in [0.5, 0.6) is 0 Å². The van der Waals surface area contributed by atoms with Crippen LogP contribution in [0, 0.1) is 0 Å². The van der Waals surface area contributed by atoms with Crippen LogP contribution >= 0.6 is 15.9 Å². The van der Waals surface area contributed by atoms with Gasteiger partial charge in [0.2, 0.25) is 0 Å². The summed E-state index contributed by atoms with van der Waals surface area (Å²) in [6.45, 7) is 3.06. The van der Waals surface area contributed by atoms with Crippen molar-refractivity contribution in [3.8, 4) is 0 Å². The van der Waals surface area contributed by atoms with E-state index >= 15 is 0 Å². The molecule has 2 rings (SSSR count). The highest BCUT2D eigenvalue weighted by molar-refractivity contribution is 9.10. The van der Waals surface area contributed by atoms with Crippen molar-refractivity contribution in [2.45, 2.75) is 25.4 Å². The van der Waals surface area contributed by atoms with Gasteiger partial charge in [0.15, 0.2) is 0 Å². The van der Waals surface area contributed by atoms with Crippen molar-refractivity contribution in [2.24, 2.45) is 5.73 Å². The first kappa shape index (κ1) is 11.0. The van der Waals surface area contributed by atoms with E-state index in [0.717, 1.165) is 36.2 Å². The highest BCUT2D eigenvalue weighted by Gasteiger charge is 2.16. The Balaban J connectivity index is 1.93. The second-order valence-corrected chi connectivity index (χ2v) is 5.02. The van der Waals surface area contributed by atoms with Gasteiger partial charge in [-0.3, -0.25) is 9.88 Å². The minimum absolute atomic E-state index is 0.342. The van der Waals surface area contributed by atoms with Crippen molar-refractivity contribution in [2.75, 3.05) is 13.1 Å². The van der Waals surface area contributed by atoms with E-state index in [1.807, 2.05) is 12.3 Å². The molecule has 1 aromatic rings. The molecule has 1 aliphatic heterocycles. The van der Waals surface area contributed by atoms with Gasteiger partial charge in [-0.25, -0.2) is 0 Å². The van der Waals surface area contributed by atoms with E-state index in [4.69, 9.17) is 5.73 Å². The third-order valence-electron chi connectivity index (χ3n) is 2.72. The van der Waals surface area contributed by atoms with Gasteiger partial charge in [-0.05, 0) is 47.4 Å². The summed E-state index contributed by atoms with van der Waals surface area (Å²) in [5.74, 6) is 0. The molecule has 0 aromatic carbocycles. The number of nitrogens with zero attached hydrogens (tertiary/aromatic N) is 2. The van der Waals surface area contributed by atoms with Crippen LogP contribution in [0.25, 0.3) is 0 Å². The van der Waals surface area contributed by atoms with Gasteiger partial charge < -0.3 is 5.73 Å². The number of piperidine rings is 1. The Kier molecular flexibility index (Phi) is 3.72. The molecule has 0 amide bonds. The molecular weight excluding hydrogens is 254 g/mol. The zero-order valence-corrected chi connectivity index (χ0v) is 10.3. The number of pyridine rings is 1. The summed E-state index contributed by atoms with van der Waals surface area (Å²) in [6.07, 6.45) is 4.21. The Morgan fingerprint density at radius 3 is 3.07 bits per heavy atom. The maximum absolute atomic E-state index is 5.93. The van der Waals surface area contributed by atoms with E-state index in [-0.39, 0.29) is 0 Å². The number of aromatic nitrogens is 1. The zero-order chi connectivity index (χ0) is 10.7. The first-order valence-corrected chi connectivity index (χ1v) is 6.12. The van der Waals surface area contributed by atoms with Crippen LogP contribution in [0.1, 0.15) is 18.5 Å². The molecular formula is C11H16BrN3. The number of nitrogens with two attached hydrogens (primary N) is 1. The van der Waals surface area contributed by atoms with Crippen LogP contribution in [0.3, 0.4) is 0 Å². The summed E-state index contributed by atoms with van der Waals surface area (Å²) in [6, 6.07) is 4.44.